The molecule has 1 aliphatic heterocycles. The first-order chi connectivity index (χ1) is 9.75. The summed E-state index contributed by atoms with van der Waals surface area (Å²) in [6, 6.07) is 2.35. The molecular formula is C16H26N4O. The molecule has 116 valence electrons. The fraction of sp³-hybridized carbons (Fsp3) is 0.688. The maximum absolute atomic E-state index is 12.3. The van der Waals surface area contributed by atoms with Crippen LogP contribution >= 0.6 is 0 Å². The number of aryl methyl sites for hydroxylation is 2. The summed E-state index contributed by atoms with van der Waals surface area (Å²) in [4.78, 5) is 22.9. The van der Waals surface area contributed by atoms with Crippen LogP contribution in [0, 0.1) is 19.3 Å². The number of nitrogens with zero attached hydrogens (tertiary/aromatic N) is 3. The molecule has 1 saturated heterocycles. The predicted octanol–water partition coefficient (Wildman–Crippen LogP) is 2.54. The van der Waals surface area contributed by atoms with E-state index in [-0.39, 0.29) is 11.3 Å². The molecule has 0 unspecified atom stereocenters. The summed E-state index contributed by atoms with van der Waals surface area (Å²) in [5.41, 5.74) is 0.687. The van der Waals surface area contributed by atoms with E-state index in [1.54, 1.807) is 0 Å². The van der Waals surface area contributed by atoms with Gasteiger partial charge in [0.1, 0.15) is 11.6 Å². The van der Waals surface area contributed by atoms with Gasteiger partial charge in [0, 0.05) is 36.3 Å². The summed E-state index contributed by atoms with van der Waals surface area (Å²) >= 11 is 0. The van der Waals surface area contributed by atoms with Gasteiger partial charge in [0.2, 0.25) is 5.91 Å². The third-order valence-corrected chi connectivity index (χ3v) is 3.74. The molecule has 1 aromatic heterocycles. The second-order valence-electron chi connectivity index (χ2n) is 6.90. The van der Waals surface area contributed by atoms with Crippen molar-refractivity contribution in [3.63, 3.8) is 0 Å². The number of aromatic nitrogens is 2. The monoisotopic (exact) mass is 290 g/mol. The van der Waals surface area contributed by atoms with E-state index >= 15 is 0 Å². The van der Waals surface area contributed by atoms with E-state index in [0.717, 1.165) is 43.3 Å². The van der Waals surface area contributed by atoms with Crippen LogP contribution in [0.5, 0.6) is 0 Å². The lowest BCUT2D eigenvalue weighted by Gasteiger charge is -2.36. The minimum absolute atomic E-state index is 0.245. The molecule has 0 aromatic carbocycles. The molecule has 21 heavy (non-hydrogen) atoms. The Bertz CT molecular complexity index is 493. The predicted molar refractivity (Wildman–Crippen MR) is 84.2 cm³/mol. The summed E-state index contributed by atoms with van der Waals surface area (Å²) in [5, 5.41) is 3.47. The van der Waals surface area contributed by atoms with Crippen LogP contribution in [0.15, 0.2) is 6.07 Å². The van der Waals surface area contributed by atoms with Crippen LogP contribution in [0.25, 0.3) is 0 Å². The van der Waals surface area contributed by atoms with Gasteiger partial charge in [-0.2, -0.15) is 0 Å². The van der Waals surface area contributed by atoms with E-state index in [1.165, 1.54) is 0 Å². The largest absolute Gasteiger partial charge is 0.367 e. The lowest BCUT2D eigenvalue weighted by molar-refractivity contribution is -0.140. The van der Waals surface area contributed by atoms with Gasteiger partial charge >= 0.3 is 0 Å². The molecule has 0 bridgehead atoms. The fourth-order valence-electron chi connectivity index (χ4n) is 2.70. The normalized spacial score (nSPS) is 16.9. The Kier molecular flexibility index (Phi) is 4.49. The molecule has 1 aliphatic rings. The summed E-state index contributed by atoms with van der Waals surface area (Å²) in [5.74, 6) is 1.92. The van der Waals surface area contributed by atoms with Crippen molar-refractivity contribution in [3.8, 4) is 0 Å². The van der Waals surface area contributed by atoms with Crippen molar-refractivity contribution < 1.29 is 4.79 Å². The smallest absolute Gasteiger partial charge is 0.227 e. The van der Waals surface area contributed by atoms with Gasteiger partial charge in [-0.3, -0.25) is 4.79 Å². The first kappa shape index (κ1) is 15.7. The zero-order chi connectivity index (χ0) is 15.6. The zero-order valence-corrected chi connectivity index (χ0v) is 13.7. The molecule has 0 aliphatic carbocycles. The molecule has 5 heteroatoms. The van der Waals surface area contributed by atoms with Crippen molar-refractivity contribution in [2.75, 3.05) is 18.4 Å². The number of nitrogens with one attached hydrogen (secondary N) is 1. The molecule has 2 rings (SSSR count). The van der Waals surface area contributed by atoms with Crippen molar-refractivity contribution >= 4 is 11.7 Å². The lowest BCUT2D eigenvalue weighted by Crippen LogP contribution is -2.46. The number of anilines is 1. The van der Waals surface area contributed by atoms with Gasteiger partial charge in [0.05, 0.1) is 0 Å². The molecule has 1 amide bonds. The fourth-order valence-corrected chi connectivity index (χ4v) is 2.70. The Morgan fingerprint density at radius 1 is 1.24 bits per heavy atom. The number of carbonyl (C=O) groups is 1. The highest BCUT2D eigenvalue weighted by Crippen LogP contribution is 2.22. The Labute approximate surface area is 127 Å². The number of hydrogen-bond donors (Lipinski definition) is 1. The molecule has 0 spiro atoms. The van der Waals surface area contributed by atoms with Crippen LogP contribution in [0.2, 0.25) is 0 Å². The van der Waals surface area contributed by atoms with Gasteiger partial charge in [-0.15, -0.1) is 0 Å². The summed E-state index contributed by atoms with van der Waals surface area (Å²) < 4.78 is 0. The van der Waals surface area contributed by atoms with Crippen LogP contribution < -0.4 is 5.32 Å². The SMILES string of the molecule is Cc1cc(NC2CCN(C(=O)C(C)(C)C)CC2)nc(C)n1. The van der Waals surface area contributed by atoms with Crippen LogP contribution in [-0.2, 0) is 4.79 Å². The Morgan fingerprint density at radius 3 is 2.38 bits per heavy atom. The maximum Gasteiger partial charge on any atom is 0.227 e. The van der Waals surface area contributed by atoms with Crippen molar-refractivity contribution in [1.82, 2.24) is 14.9 Å². The standard InChI is InChI=1S/C16H26N4O/c1-11-10-14(18-12(2)17-11)19-13-6-8-20(9-7-13)15(21)16(3,4)5/h10,13H,6-9H2,1-5H3,(H,17,18,19). The quantitative estimate of drug-likeness (QED) is 0.909. The number of amides is 1. The second-order valence-corrected chi connectivity index (χ2v) is 6.90. The first-order valence-electron chi connectivity index (χ1n) is 7.64. The zero-order valence-electron chi connectivity index (χ0n) is 13.7. The van der Waals surface area contributed by atoms with Crippen molar-refractivity contribution in [1.29, 1.82) is 0 Å². The molecule has 0 radical (unpaired) electrons. The van der Waals surface area contributed by atoms with Crippen molar-refractivity contribution in [2.24, 2.45) is 5.41 Å². The third kappa shape index (κ3) is 4.16. The summed E-state index contributed by atoms with van der Waals surface area (Å²) in [6.07, 6.45) is 1.92. The average Bonchev–Trinajstić information content (AvgIpc) is 2.36. The topological polar surface area (TPSA) is 58.1 Å². The second kappa shape index (κ2) is 6.00. The number of likely N-dealkylation sites (tertiary alicyclic amines) is 1. The summed E-state index contributed by atoms with van der Waals surface area (Å²) in [7, 11) is 0. The molecule has 1 fully saturated rings. The van der Waals surface area contributed by atoms with E-state index in [2.05, 4.69) is 15.3 Å². The van der Waals surface area contributed by atoms with E-state index in [9.17, 15) is 4.79 Å². The minimum atomic E-state index is -0.291. The Hall–Kier alpha value is -1.65. The highest BCUT2D eigenvalue weighted by Gasteiger charge is 2.30. The van der Waals surface area contributed by atoms with E-state index in [4.69, 9.17) is 0 Å². The highest BCUT2D eigenvalue weighted by atomic mass is 16.2. The number of piperidine rings is 1. The van der Waals surface area contributed by atoms with Gasteiger partial charge in [-0.1, -0.05) is 20.8 Å². The van der Waals surface area contributed by atoms with Crippen LogP contribution in [-0.4, -0.2) is 39.9 Å². The van der Waals surface area contributed by atoms with Crippen LogP contribution in [0.3, 0.4) is 0 Å². The van der Waals surface area contributed by atoms with Gasteiger partial charge in [-0.25, -0.2) is 9.97 Å². The highest BCUT2D eigenvalue weighted by molar-refractivity contribution is 5.81. The molecular weight excluding hydrogens is 264 g/mol. The van der Waals surface area contributed by atoms with Crippen LogP contribution in [0.4, 0.5) is 5.82 Å². The van der Waals surface area contributed by atoms with E-state index < -0.39 is 0 Å². The maximum atomic E-state index is 12.3. The molecule has 0 saturated carbocycles. The van der Waals surface area contributed by atoms with Crippen molar-refractivity contribution in [2.45, 2.75) is 53.5 Å². The molecule has 2 heterocycles. The van der Waals surface area contributed by atoms with Gasteiger partial charge in [0.15, 0.2) is 0 Å². The lowest BCUT2D eigenvalue weighted by atomic mass is 9.93. The summed E-state index contributed by atoms with van der Waals surface area (Å²) in [6.45, 7) is 11.4. The first-order valence-corrected chi connectivity index (χ1v) is 7.64. The number of rotatable bonds is 2. The Balaban J connectivity index is 1.91. The third-order valence-electron chi connectivity index (χ3n) is 3.74. The van der Waals surface area contributed by atoms with Gasteiger partial charge < -0.3 is 10.2 Å². The Morgan fingerprint density at radius 2 is 1.86 bits per heavy atom. The van der Waals surface area contributed by atoms with Gasteiger partial charge in [-0.05, 0) is 26.7 Å². The molecule has 1 aromatic rings. The molecule has 0 atom stereocenters. The van der Waals surface area contributed by atoms with E-state index in [1.807, 2.05) is 45.6 Å². The van der Waals surface area contributed by atoms with Gasteiger partial charge in [0.25, 0.3) is 0 Å². The molecule has 1 N–H and O–H groups in total. The number of carbonyl (C=O) groups excluding carboxylic acids is 1. The van der Waals surface area contributed by atoms with Crippen molar-refractivity contribution in [3.05, 3.63) is 17.6 Å². The van der Waals surface area contributed by atoms with E-state index in [0.29, 0.717) is 6.04 Å². The average molecular weight is 290 g/mol. The molecule has 5 nitrogen and oxygen atoms in total. The van der Waals surface area contributed by atoms with Crippen LogP contribution in [0.1, 0.15) is 45.1 Å². The number of hydrogen-bond acceptors (Lipinski definition) is 4. The minimum Gasteiger partial charge on any atom is -0.367 e.